The zero-order chi connectivity index (χ0) is 13.9. The molecule has 2 unspecified atom stereocenters. The molecule has 1 saturated carbocycles. The fourth-order valence-electron chi connectivity index (χ4n) is 3.78. The first-order valence-corrected chi connectivity index (χ1v) is 8.14. The van der Waals surface area contributed by atoms with Crippen LogP contribution in [0.2, 0.25) is 0 Å². The quantitative estimate of drug-likeness (QED) is 0.914. The fraction of sp³-hybridized carbons (Fsp3) is 0.750. The Morgan fingerprint density at radius 3 is 2.95 bits per heavy atom. The normalized spacial score (nSPS) is 25.6. The van der Waals surface area contributed by atoms with Gasteiger partial charge in [0, 0.05) is 25.2 Å². The van der Waals surface area contributed by atoms with Gasteiger partial charge >= 0.3 is 0 Å². The lowest BCUT2D eigenvalue weighted by atomic mass is 9.92. The van der Waals surface area contributed by atoms with Gasteiger partial charge in [-0.3, -0.25) is 0 Å². The van der Waals surface area contributed by atoms with E-state index < -0.39 is 0 Å². The molecule has 1 aromatic heterocycles. The first kappa shape index (κ1) is 13.7. The molecule has 2 aliphatic rings. The van der Waals surface area contributed by atoms with Crippen LogP contribution < -0.4 is 10.2 Å². The molecule has 1 aromatic rings. The van der Waals surface area contributed by atoms with E-state index in [-0.39, 0.29) is 0 Å². The van der Waals surface area contributed by atoms with Crippen LogP contribution in [0, 0.1) is 12.8 Å². The van der Waals surface area contributed by atoms with Crippen molar-refractivity contribution < 1.29 is 0 Å². The van der Waals surface area contributed by atoms with Gasteiger partial charge in [-0.25, -0.2) is 9.97 Å². The van der Waals surface area contributed by atoms with Crippen LogP contribution in [0.3, 0.4) is 0 Å². The summed E-state index contributed by atoms with van der Waals surface area (Å²) in [7, 11) is 0. The molecule has 1 aliphatic heterocycles. The Hall–Kier alpha value is -1.32. The number of hydrogen-bond donors (Lipinski definition) is 1. The Morgan fingerprint density at radius 1 is 1.25 bits per heavy atom. The summed E-state index contributed by atoms with van der Waals surface area (Å²) < 4.78 is 0. The predicted octanol–water partition coefficient (Wildman–Crippen LogP) is 3.38. The molecule has 1 aliphatic carbocycles. The number of aryl methyl sites for hydroxylation is 1. The summed E-state index contributed by atoms with van der Waals surface area (Å²) in [5.41, 5.74) is 0. The summed E-state index contributed by atoms with van der Waals surface area (Å²) in [6.07, 6.45) is 7.97. The van der Waals surface area contributed by atoms with Crippen molar-refractivity contribution in [3.8, 4) is 0 Å². The molecule has 2 atom stereocenters. The van der Waals surface area contributed by atoms with Crippen LogP contribution in [0.1, 0.15) is 51.3 Å². The molecule has 0 aromatic carbocycles. The molecular weight excluding hydrogens is 248 g/mol. The second-order valence-corrected chi connectivity index (χ2v) is 6.18. The number of nitrogens with one attached hydrogen (secondary N) is 1. The molecule has 2 fully saturated rings. The van der Waals surface area contributed by atoms with Crippen LogP contribution in [-0.2, 0) is 0 Å². The van der Waals surface area contributed by atoms with Gasteiger partial charge in [-0.1, -0.05) is 13.3 Å². The maximum atomic E-state index is 4.70. The van der Waals surface area contributed by atoms with Crippen LogP contribution in [-0.4, -0.2) is 29.1 Å². The first-order valence-electron chi connectivity index (χ1n) is 8.14. The number of fused-ring (bicyclic) bond motifs is 1. The van der Waals surface area contributed by atoms with Gasteiger partial charge in [0.15, 0.2) is 0 Å². The minimum Gasteiger partial charge on any atom is -0.370 e. The molecule has 2 heterocycles. The van der Waals surface area contributed by atoms with E-state index in [1.165, 1.54) is 32.1 Å². The third-order valence-corrected chi connectivity index (χ3v) is 4.67. The van der Waals surface area contributed by atoms with E-state index in [1.54, 1.807) is 0 Å². The summed E-state index contributed by atoms with van der Waals surface area (Å²) in [6, 6.07) is 2.86. The molecule has 3 rings (SSSR count). The van der Waals surface area contributed by atoms with Crippen molar-refractivity contribution in [3.63, 3.8) is 0 Å². The van der Waals surface area contributed by atoms with E-state index in [9.17, 15) is 0 Å². The number of piperidine rings is 1. The van der Waals surface area contributed by atoms with E-state index in [1.807, 2.05) is 6.92 Å². The molecule has 0 amide bonds. The second kappa shape index (κ2) is 5.98. The van der Waals surface area contributed by atoms with Crippen LogP contribution in [0.25, 0.3) is 0 Å². The van der Waals surface area contributed by atoms with Gasteiger partial charge in [-0.2, -0.15) is 0 Å². The Kier molecular flexibility index (Phi) is 4.08. The number of hydrogen-bond acceptors (Lipinski definition) is 4. The molecule has 20 heavy (non-hydrogen) atoms. The van der Waals surface area contributed by atoms with Crippen molar-refractivity contribution in [2.45, 2.75) is 58.4 Å². The van der Waals surface area contributed by atoms with E-state index in [4.69, 9.17) is 4.98 Å². The molecule has 0 spiro atoms. The topological polar surface area (TPSA) is 41.0 Å². The van der Waals surface area contributed by atoms with Crippen LogP contribution in [0.4, 0.5) is 11.6 Å². The van der Waals surface area contributed by atoms with Crippen LogP contribution >= 0.6 is 0 Å². The lowest BCUT2D eigenvalue weighted by Gasteiger charge is -2.38. The van der Waals surface area contributed by atoms with Crippen molar-refractivity contribution in [2.75, 3.05) is 23.3 Å². The van der Waals surface area contributed by atoms with Gasteiger partial charge in [-0.05, 0) is 44.9 Å². The van der Waals surface area contributed by atoms with Crippen molar-refractivity contribution in [1.82, 2.24) is 9.97 Å². The predicted molar refractivity (Wildman–Crippen MR) is 83.3 cm³/mol. The van der Waals surface area contributed by atoms with E-state index in [0.29, 0.717) is 0 Å². The molecular formula is C16H26N4. The van der Waals surface area contributed by atoms with Crippen molar-refractivity contribution in [3.05, 3.63) is 11.9 Å². The molecule has 4 heteroatoms. The summed E-state index contributed by atoms with van der Waals surface area (Å²) in [4.78, 5) is 11.8. The van der Waals surface area contributed by atoms with Crippen molar-refractivity contribution >= 4 is 11.6 Å². The minimum atomic E-state index is 0.720. The monoisotopic (exact) mass is 274 g/mol. The average molecular weight is 274 g/mol. The van der Waals surface area contributed by atoms with Gasteiger partial charge in [0.25, 0.3) is 0 Å². The Balaban J connectivity index is 1.82. The van der Waals surface area contributed by atoms with Gasteiger partial charge in [-0.15, -0.1) is 0 Å². The lowest BCUT2D eigenvalue weighted by Crippen LogP contribution is -2.43. The maximum Gasteiger partial charge on any atom is 0.134 e. The Bertz CT molecular complexity index is 460. The van der Waals surface area contributed by atoms with Gasteiger partial charge < -0.3 is 10.2 Å². The highest BCUT2D eigenvalue weighted by Crippen LogP contribution is 2.38. The smallest absolute Gasteiger partial charge is 0.134 e. The number of rotatable bonds is 4. The SMILES string of the molecule is CCCNc1cc(N2CCCC3CCCC32)nc(C)n1. The minimum absolute atomic E-state index is 0.720. The number of nitrogens with zero attached hydrogens (tertiary/aromatic N) is 3. The average Bonchev–Trinajstić information content (AvgIpc) is 2.92. The molecule has 0 radical (unpaired) electrons. The molecule has 1 N–H and O–H groups in total. The highest BCUT2D eigenvalue weighted by molar-refractivity contribution is 5.50. The summed E-state index contributed by atoms with van der Waals surface area (Å²) in [6.45, 7) is 6.30. The summed E-state index contributed by atoms with van der Waals surface area (Å²) in [5, 5.41) is 3.40. The van der Waals surface area contributed by atoms with Crippen molar-refractivity contribution in [1.29, 1.82) is 0 Å². The fourth-order valence-corrected chi connectivity index (χ4v) is 3.78. The summed E-state index contributed by atoms with van der Waals surface area (Å²) >= 11 is 0. The Morgan fingerprint density at radius 2 is 2.10 bits per heavy atom. The van der Waals surface area contributed by atoms with Crippen LogP contribution in [0.15, 0.2) is 6.07 Å². The number of aromatic nitrogens is 2. The van der Waals surface area contributed by atoms with Crippen molar-refractivity contribution in [2.24, 2.45) is 5.92 Å². The highest BCUT2D eigenvalue weighted by Gasteiger charge is 2.35. The molecule has 4 nitrogen and oxygen atoms in total. The summed E-state index contributed by atoms with van der Waals surface area (Å²) in [5.74, 6) is 3.88. The van der Waals surface area contributed by atoms with Gasteiger partial charge in [0.05, 0.1) is 0 Å². The molecule has 0 bridgehead atoms. The van der Waals surface area contributed by atoms with Gasteiger partial charge in [0.2, 0.25) is 0 Å². The second-order valence-electron chi connectivity index (χ2n) is 6.18. The van der Waals surface area contributed by atoms with Crippen LogP contribution in [0.5, 0.6) is 0 Å². The number of anilines is 2. The highest BCUT2D eigenvalue weighted by atomic mass is 15.2. The van der Waals surface area contributed by atoms with E-state index >= 15 is 0 Å². The standard InChI is InChI=1S/C16H26N4/c1-3-9-17-15-11-16(19-12(2)18-15)20-10-5-7-13-6-4-8-14(13)20/h11,13-14H,3-10H2,1-2H3,(H,17,18,19). The molecule has 1 saturated heterocycles. The van der Waals surface area contributed by atoms with Gasteiger partial charge in [0.1, 0.15) is 17.5 Å². The third-order valence-electron chi connectivity index (χ3n) is 4.67. The van der Waals surface area contributed by atoms with E-state index in [0.717, 1.165) is 48.9 Å². The maximum absolute atomic E-state index is 4.70. The third kappa shape index (κ3) is 2.74. The Labute approximate surface area is 122 Å². The first-order chi connectivity index (χ1) is 9.78. The van der Waals surface area contributed by atoms with E-state index in [2.05, 4.69) is 28.2 Å². The lowest BCUT2D eigenvalue weighted by molar-refractivity contribution is 0.360. The zero-order valence-corrected chi connectivity index (χ0v) is 12.7. The zero-order valence-electron chi connectivity index (χ0n) is 12.7. The largest absolute Gasteiger partial charge is 0.370 e. The molecule has 110 valence electrons.